The van der Waals surface area contributed by atoms with Gasteiger partial charge >= 0.3 is 11.9 Å². The van der Waals surface area contributed by atoms with Crippen LogP contribution in [0.4, 0.5) is 0 Å². The number of Topliss-reactive ketones (excluding diaryl/α,β-unsaturated/α-hetero) is 1. The minimum atomic E-state index is -4.06. The fourth-order valence-electron chi connectivity index (χ4n) is 3.09. The number of aliphatic carboxylic acids is 1. The van der Waals surface area contributed by atoms with E-state index >= 15 is 0 Å². The average Bonchev–Trinajstić information content (AvgIpc) is 2.67. The van der Waals surface area contributed by atoms with E-state index < -0.39 is 45.3 Å². The Bertz CT molecular complexity index is 901. The van der Waals surface area contributed by atoms with Crippen molar-refractivity contribution in [2.45, 2.75) is 83.8 Å². The molecule has 0 bridgehead atoms. The smallest absolute Gasteiger partial charge is 0.307 e. The zero-order chi connectivity index (χ0) is 24.7. The highest BCUT2D eigenvalue weighted by Crippen LogP contribution is 2.22. The average molecular weight is 470 g/mol. The van der Waals surface area contributed by atoms with Crippen molar-refractivity contribution in [3.05, 3.63) is 29.8 Å². The Morgan fingerprint density at radius 2 is 1.69 bits per heavy atom. The Morgan fingerprint density at radius 3 is 2.16 bits per heavy atom. The van der Waals surface area contributed by atoms with E-state index in [-0.39, 0.29) is 30.1 Å². The van der Waals surface area contributed by atoms with E-state index in [4.69, 9.17) is 4.74 Å². The topological polar surface area (TPSA) is 127 Å². The summed E-state index contributed by atoms with van der Waals surface area (Å²) in [5.74, 6) is -3.46. The summed E-state index contributed by atoms with van der Waals surface area (Å²) in [6.07, 6.45) is -0.0987. The summed E-state index contributed by atoms with van der Waals surface area (Å²) in [4.78, 5) is 36.8. The molecule has 2 N–H and O–H groups in total. The Morgan fingerprint density at radius 1 is 1.12 bits per heavy atom. The highest BCUT2D eigenvalue weighted by atomic mass is 32.2. The number of carboxylic acids is 1. The molecular formula is C23H35NO7S. The predicted octanol–water partition coefficient (Wildman–Crippen LogP) is 3.47. The van der Waals surface area contributed by atoms with E-state index in [0.29, 0.717) is 6.42 Å². The maximum atomic E-state index is 13.0. The molecular weight excluding hydrogens is 434 g/mol. The fourth-order valence-corrected chi connectivity index (χ4v) is 4.34. The standard InChI is InChI=1S/C23H35NO7S/c1-7-16(3)18(22(27)28)14-20(25)19(12-13-21(26)31-23(4,5)6)24-32(29,30)17-10-8-15(2)9-11-17/h8-11,16,18-19,24H,7,12-14H2,1-6H3,(H,27,28)/t16?,18-,19+/m1/s1. The molecule has 0 radical (unpaired) electrons. The van der Waals surface area contributed by atoms with Crippen LogP contribution in [-0.2, 0) is 29.1 Å². The van der Waals surface area contributed by atoms with Crippen LogP contribution in [0.25, 0.3) is 0 Å². The van der Waals surface area contributed by atoms with E-state index in [1.54, 1.807) is 39.8 Å². The molecule has 32 heavy (non-hydrogen) atoms. The number of aryl methyl sites for hydroxylation is 1. The molecule has 0 spiro atoms. The molecule has 0 aliphatic heterocycles. The van der Waals surface area contributed by atoms with Gasteiger partial charge in [0.05, 0.1) is 16.9 Å². The zero-order valence-electron chi connectivity index (χ0n) is 19.7. The van der Waals surface area contributed by atoms with Gasteiger partial charge in [0.1, 0.15) is 5.60 Å². The van der Waals surface area contributed by atoms with Crippen molar-refractivity contribution >= 4 is 27.7 Å². The minimum Gasteiger partial charge on any atom is -0.481 e. The van der Waals surface area contributed by atoms with E-state index in [1.165, 1.54) is 12.1 Å². The van der Waals surface area contributed by atoms with Gasteiger partial charge in [-0.1, -0.05) is 38.0 Å². The summed E-state index contributed by atoms with van der Waals surface area (Å²) in [6.45, 7) is 10.5. The second-order valence-electron chi connectivity index (χ2n) is 9.11. The number of ketones is 1. The van der Waals surface area contributed by atoms with Crippen LogP contribution in [0.5, 0.6) is 0 Å². The van der Waals surface area contributed by atoms with Gasteiger partial charge < -0.3 is 9.84 Å². The van der Waals surface area contributed by atoms with Gasteiger partial charge in [0, 0.05) is 12.8 Å². The van der Waals surface area contributed by atoms with Gasteiger partial charge in [0.2, 0.25) is 10.0 Å². The Labute approximate surface area is 190 Å². The van der Waals surface area contributed by atoms with Crippen LogP contribution in [0.3, 0.4) is 0 Å². The minimum absolute atomic E-state index is 0.0186. The monoisotopic (exact) mass is 469 g/mol. The fraction of sp³-hybridized carbons (Fsp3) is 0.609. The molecule has 9 heteroatoms. The van der Waals surface area contributed by atoms with Crippen molar-refractivity contribution in [1.29, 1.82) is 0 Å². The van der Waals surface area contributed by atoms with E-state index in [1.807, 2.05) is 13.8 Å². The molecule has 1 aromatic rings. The molecule has 0 aliphatic carbocycles. The largest absolute Gasteiger partial charge is 0.481 e. The number of ether oxygens (including phenoxy) is 1. The molecule has 0 aromatic heterocycles. The molecule has 0 fully saturated rings. The second kappa shape index (κ2) is 11.6. The first kappa shape index (κ1) is 27.8. The van der Waals surface area contributed by atoms with Gasteiger partial charge in [0.15, 0.2) is 5.78 Å². The molecule has 0 heterocycles. The van der Waals surface area contributed by atoms with Crippen LogP contribution in [0.15, 0.2) is 29.2 Å². The third-order valence-electron chi connectivity index (χ3n) is 5.14. The number of rotatable bonds is 12. The molecule has 0 saturated carbocycles. The normalized spacial score (nSPS) is 14.9. The van der Waals surface area contributed by atoms with E-state index in [2.05, 4.69) is 4.72 Å². The Kier molecular flexibility index (Phi) is 10.0. The summed E-state index contributed by atoms with van der Waals surface area (Å²) < 4.78 is 33.3. The summed E-state index contributed by atoms with van der Waals surface area (Å²) in [7, 11) is -4.06. The number of nitrogens with one attached hydrogen (secondary N) is 1. The molecule has 180 valence electrons. The number of esters is 1. The third kappa shape index (κ3) is 9.08. The number of sulfonamides is 1. The molecule has 8 nitrogen and oxygen atoms in total. The zero-order valence-corrected chi connectivity index (χ0v) is 20.5. The molecule has 0 amide bonds. The van der Waals surface area contributed by atoms with Crippen molar-refractivity contribution in [3.8, 4) is 0 Å². The number of hydrogen-bond acceptors (Lipinski definition) is 6. The number of carboxylic acid groups (broad SMARTS) is 1. The molecule has 1 unspecified atom stereocenters. The van der Waals surface area contributed by atoms with Crippen molar-refractivity contribution in [1.82, 2.24) is 4.72 Å². The Hall–Kier alpha value is -2.26. The van der Waals surface area contributed by atoms with Crippen LogP contribution < -0.4 is 4.72 Å². The maximum Gasteiger partial charge on any atom is 0.307 e. The number of hydrogen-bond donors (Lipinski definition) is 2. The molecule has 3 atom stereocenters. The van der Waals surface area contributed by atoms with Gasteiger partial charge in [-0.25, -0.2) is 13.1 Å². The van der Waals surface area contributed by atoms with Crippen molar-refractivity contribution < 1.29 is 32.6 Å². The van der Waals surface area contributed by atoms with Gasteiger partial charge in [-0.3, -0.25) is 14.4 Å². The van der Waals surface area contributed by atoms with Crippen LogP contribution >= 0.6 is 0 Å². The van der Waals surface area contributed by atoms with Crippen LogP contribution in [-0.4, -0.2) is 42.9 Å². The first-order chi connectivity index (χ1) is 14.7. The third-order valence-corrected chi connectivity index (χ3v) is 6.63. The van der Waals surface area contributed by atoms with Crippen LogP contribution in [0, 0.1) is 18.8 Å². The van der Waals surface area contributed by atoms with E-state index in [0.717, 1.165) is 5.56 Å². The summed E-state index contributed by atoms with van der Waals surface area (Å²) >= 11 is 0. The number of benzene rings is 1. The maximum absolute atomic E-state index is 13.0. The second-order valence-corrected chi connectivity index (χ2v) is 10.8. The highest BCUT2D eigenvalue weighted by Gasteiger charge is 2.32. The summed E-state index contributed by atoms with van der Waals surface area (Å²) in [5, 5.41) is 9.52. The van der Waals surface area contributed by atoms with Crippen molar-refractivity contribution in [3.63, 3.8) is 0 Å². The number of carbonyl (C=O) groups is 3. The highest BCUT2D eigenvalue weighted by molar-refractivity contribution is 7.89. The molecule has 1 aromatic carbocycles. The van der Waals surface area contributed by atoms with Crippen LogP contribution in [0.2, 0.25) is 0 Å². The van der Waals surface area contributed by atoms with Crippen molar-refractivity contribution in [2.75, 3.05) is 0 Å². The Balaban J connectivity index is 3.11. The van der Waals surface area contributed by atoms with Gasteiger partial charge in [-0.2, -0.15) is 0 Å². The lowest BCUT2D eigenvalue weighted by Gasteiger charge is -2.23. The molecule has 0 aliphatic rings. The van der Waals surface area contributed by atoms with Crippen molar-refractivity contribution in [2.24, 2.45) is 11.8 Å². The molecule has 1 rings (SSSR count). The summed E-state index contributed by atoms with van der Waals surface area (Å²) in [5.41, 5.74) is 0.155. The number of carbonyl (C=O) groups excluding carboxylic acids is 2. The van der Waals surface area contributed by atoms with Gasteiger partial charge in [0.25, 0.3) is 0 Å². The first-order valence-electron chi connectivity index (χ1n) is 10.7. The lowest BCUT2D eigenvalue weighted by molar-refractivity contribution is -0.155. The lowest BCUT2D eigenvalue weighted by atomic mass is 9.86. The lowest BCUT2D eigenvalue weighted by Crippen LogP contribution is -2.43. The van der Waals surface area contributed by atoms with Crippen LogP contribution in [0.1, 0.15) is 65.9 Å². The SMILES string of the molecule is CCC(C)[C@@H](CC(=O)[C@H](CCC(=O)OC(C)(C)C)NS(=O)(=O)c1ccc(C)cc1)C(=O)O. The molecule has 0 saturated heterocycles. The summed E-state index contributed by atoms with van der Waals surface area (Å²) in [6, 6.07) is 4.86. The first-order valence-corrected chi connectivity index (χ1v) is 12.2. The van der Waals surface area contributed by atoms with Gasteiger partial charge in [-0.05, 0) is 52.2 Å². The van der Waals surface area contributed by atoms with E-state index in [9.17, 15) is 27.9 Å². The predicted molar refractivity (Wildman–Crippen MR) is 121 cm³/mol. The quantitative estimate of drug-likeness (QED) is 0.449. The van der Waals surface area contributed by atoms with Gasteiger partial charge in [-0.15, -0.1) is 0 Å².